The van der Waals surface area contributed by atoms with Gasteiger partial charge in [0.2, 0.25) is 5.75 Å². The number of nitro benzene ring substituents is 1. The summed E-state index contributed by atoms with van der Waals surface area (Å²) < 4.78 is 5.05. The lowest BCUT2D eigenvalue weighted by Crippen LogP contribution is -2.28. The van der Waals surface area contributed by atoms with E-state index < -0.39 is 4.92 Å². The van der Waals surface area contributed by atoms with Crippen LogP contribution in [-0.4, -0.2) is 42.3 Å². The largest absolute Gasteiger partial charge is 0.490 e. The lowest BCUT2D eigenvalue weighted by molar-refractivity contribution is -0.385. The number of halogens is 1. The van der Waals surface area contributed by atoms with Gasteiger partial charge < -0.3 is 9.64 Å². The van der Waals surface area contributed by atoms with Crippen molar-refractivity contribution in [3.05, 3.63) is 33.9 Å². The molecule has 0 heterocycles. The Morgan fingerprint density at radius 1 is 1.38 bits per heavy atom. The number of rotatable bonds is 8. The van der Waals surface area contributed by atoms with E-state index in [2.05, 4.69) is 0 Å². The molecule has 0 atom stereocenters. The standard InChI is InChI=1S/C14H19ClN2O4/c1-16(10-5-3-4-9-15)14(18)11-7-6-8-12(17(19)20)13(11)21-2/h6-8H,3-5,9-10H2,1-2H3. The molecule has 0 saturated carbocycles. The number of hydrogen-bond donors (Lipinski definition) is 0. The number of para-hydroxylation sites is 1. The quantitative estimate of drug-likeness (QED) is 0.320. The van der Waals surface area contributed by atoms with E-state index in [0.29, 0.717) is 12.4 Å². The van der Waals surface area contributed by atoms with Gasteiger partial charge in [-0.1, -0.05) is 12.5 Å². The molecule has 7 heteroatoms. The maximum Gasteiger partial charge on any atom is 0.311 e. The molecule has 6 nitrogen and oxygen atoms in total. The predicted molar refractivity (Wildman–Crippen MR) is 81.2 cm³/mol. The summed E-state index contributed by atoms with van der Waals surface area (Å²) in [6.45, 7) is 0.571. The van der Waals surface area contributed by atoms with Gasteiger partial charge in [0.15, 0.2) is 0 Å². The van der Waals surface area contributed by atoms with E-state index in [9.17, 15) is 14.9 Å². The Morgan fingerprint density at radius 3 is 2.67 bits per heavy atom. The Hall–Kier alpha value is -1.82. The Labute approximate surface area is 128 Å². The third-order valence-corrected chi connectivity index (χ3v) is 3.37. The predicted octanol–water partition coefficient (Wildman–Crippen LogP) is 3.08. The highest BCUT2D eigenvalue weighted by Crippen LogP contribution is 2.31. The third kappa shape index (κ3) is 4.60. The van der Waals surface area contributed by atoms with Gasteiger partial charge in [-0.3, -0.25) is 14.9 Å². The molecule has 0 aliphatic heterocycles. The maximum absolute atomic E-state index is 12.4. The first-order chi connectivity index (χ1) is 10.0. The van der Waals surface area contributed by atoms with Gasteiger partial charge in [-0.15, -0.1) is 11.6 Å². The molecule has 0 aliphatic carbocycles. The van der Waals surface area contributed by atoms with Crippen LogP contribution >= 0.6 is 11.6 Å². The van der Waals surface area contributed by atoms with E-state index in [-0.39, 0.29) is 22.9 Å². The molecule has 0 unspecified atom stereocenters. The molecule has 0 fully saturated rings. The highest BCUT2D eigenvalue weighted by Gasteiger charge is 2.24. The van der Waals surface area contributed by atoms with Crippen molar-refractivity contribution >= 4 is 23.2 Å². The summed E-state index contributed by atoms with van der Waals surface area (Å²) in [5.74, 6) is 0.317. The van der Waals surface area contributed by atoms with Crippen LogP contribution in [0, 0.1) is 10.1 Å². The van der Waals surface area contributed by atoms with Gasteiger partial charge >= 0.3 is 5.69 Å². The third-order valence-electron chi connectivity index (χ3n) is 3.10. The van der Waals surface area contributed by atoms with Crippen LogP contribution in [0.4, 0.5) is 5.69 Å². The Morgan fingerprint density at radius 2 is 2.10 bits per heavy atom. The lowest BCUT2D eigenvalue weighted by Gasteiger charge is -2.18. The summed E-state index contributed by atoms with van der Waals surface area (Å²) in [6, 6.07) is 4.33. The van der Waals surface area contributed by atoms with Crippen LogP contribution < -0.4 is 4.74 Å². The summed E-state index contributed by atoms with van der Waals surface area (Å²) in [5.41, 5.74) is -0.00886. The molecule has 1 aromatic carbocycles. The monoisotopic (exact) mass is 314 g/mol. The van der Waals surface area contributed by atoms with Gasteiger partial charge in [0.25, 0.3) is 5.91 Å². The number of unbranched alkanes of at least 4 members (excludes halogenated alkanes) is 2. The first-order valence-electron chi connectivity index (χ1n) is 6.65. The minimum absolute atomic E-state index is 0.000100. The Bertz CT molecular complexity index is 508. The molecule has 0 saturated heterocycles. The molecular formula is C14H19ClN2O4. The number of methoxy groups -OCH3 is 1. The molecule has 1 aromatic rings. The summed E-state index contributed by atoms with van der Waals surface area (Å²) in [4.78, 5) is 24.3. The average Bonchev–Trinajstić information content (AvgIpc) is 2.49. The van der Waals surface area contributed by atoms with Crippen molar-refractivity contribution in [2.75, 3.05) is 26.6 Å². The molecule has 0 aliphatic rings. The van der Waals surface area contributed by atoms with Crippen molar-refractivity contribution in [2.24, 2.45) is 0 Å². The minimum atomic E-state index is -0.559. The van der Waals surface area contributed by atoms with Gasteiger partial charge in [-0.2, -0.15) is 0 Å². The first kappa shape index (κ1) is 17.2. The second kappa shape index (κ2) is 8.46. The smallest absolute Gasteiger partial charge is 0.311 e. The van der Waals surface area contributed by atoms with Crippen LogP contribution in [0.25, 0.3) is 0 Å². The number of ether oxygens (including phenoxy) is 1. The number of carbonyl (C=O) groups is 1. The number of nitro groups is 1. The SMILES string of the molecule is COc1c(C(=O)N(C)CCCCCCl)cccc1[N+](=O)[O-]. The van der Waals surface area contributed by atoms with E-state index >= 15 is 0 Å². The minimum Gasteiger partial charge on any atom is -0.490 e. The average molecular weight is 315 g/mol. The topological polar surface area (TPSA) is 72.7 Å². The first-order valence-corrected chi connectivity index (χ1v) is 7.19. The van der Waals surface area contributed by atoms with Crippen LogP contribution in [0.15, 0.2) is 18.2 Å². The Balaban J connectivity index is 2.86. The highest BCUT2D eigenvalue weighted by molar-refractivity contribution is 6.17. The van der Waals surface area contributed by atoms with Gasteiger partial charge in [0.05, 0.1) is 17.6 Å². The summed E-state index contributed by atoms with van der Waals surface area (Å²) in [6.07, 6.45) is 2.68. The molecular weight excluding hydrogens is 296 g/mol. The molecule has 1 amide bonds. The van der Waals surface area contributed by atoms with Crippen LogP contribution in [0.1, 0.15) is 29.6 Å². The zero-order valence-corrected chi connectivity index (χ0v) is 12.9. The van der Waals surface area contributed by atoms with Crippen molar-refractivity contribution in [2.45, 2.75) is 19.3 Å². The molecule has 0 N–H and O–H groups in total. The summed E-state index contributed by atoms with van der Waals surface area (Å²) in [5, 5.41) is 11.0. The van der Waals surface area contributed by atoms with E-state index in [1.807, 2.05) is 0 Å². The number of carbonyl (C=O) groups excluding carboxylic acids is 1. The molecule has 0 radical (unpaired) electrons. The van der Waals surface area contributed by atoms with Crippen molar-refractivity contribution in [3.8, 4) is 5.75 Å². The van der Waals surface area contributed by atoms with Gasteiger partial charge in [0, 0.05) is 25.5 Å². The molecule has 0 bridgehead atoms. The Kier molecular flexibility index (Phi) is 6.94. The van der Waals surface area contributed by atoms with Gasteiger partial charge in [0.1, 0.15) is 0 Å². The zero-order chi connectivity index (χ0) is 15.8. The molecule has 0 aromatic heterocycles. The van der Waals surface area contributed by atoms with E-state index in [1.54, 1.807) is 7.05 Å². The normalized spacial score (nSPS) is 10.2. The highest BCUT2D eigenvalue weighted by atomic mass is 35.5. The fraction of sp³-hybridized carbons (Fsp3) is 0.500. The second-order valence-electron chi connectivity index (χ2n) is 4.59. The van der Waals surface area contributed by atoms with E-state index in [4.69, 9.17) is 16.3 Å². The van der Waals surface area contributed by atoms with Crippen LogP contribution in [-0.2, 0) is 0 Å². The van der Waals surface area contributed by atoms with Crippen molar-refractivity contribution in [3.63, 3.8) is 0 Å². The van der Waals surface area contributed by atoms with Crippen molar-refractivity contribution in [1.29, 1.82) is 0 Å². The van der Waals surface area contributed by atoms with Crippen LogP contribution in [0.2, 0.25) is 0 Å². The van der Waals surface area contributed by atoms with E-state index in [1.165, 1.54) is 30.2 Å². The number of alkyl halides is 1. The van der Waals surface area contributed by atoms with Crippen LogP contribution in [0.5, 0.6) is 5.75 Å². The van der Waals surface area contributed by atoms with E-state index in [0.717, 1.165) is 19.3 Å². The molecule has 0 spiro atoms. The number of amides is 1. The second-order valence-corrected chi connectivity index (χ2v) is 4.97. The van der Waals surface area contributed by atoms with Gasteiger partial charge in [-0.05, 0) is 18.9 Å². The number of nitrogens with zero attached hydrogens (tertiary/aromatic N) is 2. The van der Waals surface area contributed by atoms with Gasteiger partial charge in [-0.25, -0.2) is 0 Å². The lowest BCUT2D eigenvalue weighted by atomic mass is 10.1. The molecule has 116 valence electrons. The summed E-state index contributed by atoms with van der Waals surface area (Å²) >= 11 is 5.60. The fourth-order valence-electron chi connectivity index (χ4n) is 1.98. The maximum atomic E-state index is 12.4. The van der Waals surface area contributed by atoms with Crippen molar-refractivity contribution < 1.29 is 14.5 Å². The number of hydrogen-bond acceptors (Lipinski definition) is 4. The van der Waals surface area contributed by atoms with Crippen LogP contribution in [0.3, 0.4) is 0 Å². The molecule has 21 heavy (non-hydrogen) atoms. The fourth-order valence-corrected chi connectivity index (χ4v) is 2.17. The van der Waals surface area contributed by atoms with Crippen molar-refractivity contribution in [1.82, 2.24) is 4.90 Å². The zero-order valence-electron chi connectivity index (χ0n) is 12.2. The number of benzene rings is 1. The summed E-state index contributed by atoms with van der Waals surface area (Å²) in [7, 11) is 2.99. The molecule has 1 rings (SSSR count).